The van der Waals surface area contributed by atoms with Crippen LogP contribution in [0.4, 0.5) is 13.2 Å². The number of pyridine rings is 1. The van der Waals surface area contributed by atoms with Gasteiger partial charge < -0.3 is 14.8 Å². The molecule has 196 valence electrons. The van der Waals surface area contributed by atoms with Crippen LogP contribution in [0.25, 0.3) is 11.1 Å². The number of nitrogens with one attached hydrogen (secondary N) is 1. The summed E-state index contributed by atoms with van der Waals surface area (Å²) in [6.07, 6.45) is -2.29. The number of nitrogens with zero attached hydrogens (tertiary/aromatic N) is 1. The standard InChI is InChI=1S/C27H21F3N2O5S/c1-38(34,35)24-13-6-20(7-14-24)19-4-2-18(3-5-19)16-32-26(33)21-8-15-25(31-17-21)36-22-9-11-23(12-10-22)37-27(28,29)30/h2-15,17H,16H2,1H3,(H,32,33). The van der Waals surface area contributed by atoms with Gasteiger partial charge in [-0.1, -0.05) is 36.4 Å². The van der Waals surface area contributed by atoms with Crippen LogP contribution < -0.4 is 14.8 Å². The lowest BCUT2D eigenvalue weighted by Gasteiger charge is -2.10. The Labute approximate surface area is 216 Å². The van der Waals surface area contributed by atoms with Crippen LogP contribution in [-0.2, 0) is 16.4 Å². The zero-order valence-corrected chi connectivity index (χ0v) is 20.7. The highest BCUT2D eigenvalue weighted by atomic mass is 32.2. The molecule has 0 saturated carbocycles. The second kappa shape index (κ2) is 10.9. The molecule has 0 unspecified atom stereocenters. The number of ether oxygens (including phenoxy) is 2. The number of carbonyl (C=O) groups is 1. The summed E-state index contributed by atoms with van der Waals surface area (Å²) in [5.74, 6) is -0.314. The maximum atomic E-state index is 12.5. The van der Waals surface area contributed by atoms with Crippen molar-refractivity contribution < 1.29 is 35.9 Å². The molecule has 0 aliphatic carbocycles. The first-order valence-corrected chi connectivity index (χ1v) is 13.0. The number of amides is 1. The molecule has 0 spiro atoms. The van der Waals surface area contributed by atoms with Gasteiger partial charge >= 0.3 is 6.36 Å². The second-order valence-electron chi connectivity index (χ2n) is 8.18. The molecule has 0 fully saturated rings. The van der Waals surface area contributed by atoms with E-state index < -0.39 is 16.2 Å². The minimum absolute atomic E-state index is 0.159. The lowest BCUT2D eigenvalue weighted by Crippen LogP contribution is -2.22. The van der Waals surface area contributed by atoms with Crippen molar-refractivity contribution in [3.05, 3.63) is 102 Å². The van der Waals surface area contributed by atoms with Gasteiger partial charge in [0, 0.05) is 25.1 Å². The molecule has 1 N–H and O–H groups in total. The minimum atomic E-state index is -4.78. The summed E-state index contributed by atoms with van der Waals surface area (Å²) in [7, 11) is -3.26. The first-order valence-electron chi connectivity index (χ1n) is 11.1. The zero-order chi connectivity index (χ0) is 27.3. The number of hydrogen-bond donors (Lipinski definition) is 1. The predicted molar refractivity (Wildman–Crippen MR) is 134 cm³/mol. The van der Waals surface area contributed by atoms with Gasteiger partial charge in [-0.3, -0.25) is 4.79 Å². The van der Waals surface area contributed by atoms with E-state index >= 15 is 0 Å². The average molecular weight is 543 g/mol. The zero-order valence-electron chi connectivity index (χ0n) is 19.9. The van der Waals surface area contributed by atoms with E-state index in [9.17, 15) is 26.4 Å². The van der Waals surface area contributed by atoms with E-state index in [1.807, 2.05) is 24.3 Å². The van der Waals surface area contributed by atoms with Crippen molar-refractivity contribution in [3.63, 3.8) is 0 Å². The van der Waals surface area contributed by atoms with Gasteiger partial charge in [0.15, 0.2) is 9.84 Å². The molecule has 38 heavy (non-hydrogen) atoms. The van der Waals surface area contributed by atoms with Crippen LogP contribution in [0.2, 0.25) is 0 Å². The van der Waals surface area contributed by atoms with Crippen molar-refractivity contribution >= 4 is 15.7 Å². The maximum absolute atomic E-state index is 12.5. The van der Waals surface area contributed by atoms with E-state index in [-0.39, 0.29) is 34.7 Å². The number of alkyl halides is 3. The molecule has 11 heteroatoms. The van der Waals surface area contributed by atoms with Gasteiger partial charge in [0.25, 0.3) is 5.91 Å². The smallest absolute Gasteiger partial charge is 0.439 e. The average Bonchev–Trinajstić information content (AvgIpc) is 2.88. The number of carbonyl (C=O) groups excluding carboxylic acids is 1. The SMILES string of the molecule is CS(=O)(=O)c1ccc(-c2ccc(CNC(=O)c3ccc(Oc4ccc(OC(F)(F)F)cc4)nc3)cc2)cc1. The molecular weight excluding hydrogens is 521 g/mol. The van der Waals surface area contributed by atoms with E-state index in [0.717, 1.165) is 35.1 Å². The number of benzene rings is 3. The third-order valence-electron chi connectivity index (χ3n) is 5.30. The number of aromatic nitrogens is 1. The van der Waals surface area contributed by atoms with Gasteiger partial charge in [0.05, 0.1) is 10.5 Å². The highest BCUT2D eigenvalue weighted by Gasteiger charge is 2.31. The first kappa shape index (κ1) is 26.7. The summed E-state index contributed by atoms with van der Waals surface area (Å²) < 4.78 is 69.3. The van der Waals surface area contributed by atoms with E-state index in [2.05, 4.69) is 15.0 Å². The van der Waals surface area contributed by atoms with E-state index in [0.29, 0.717) is 5.56 Å². The Morgan fingerprint density at radius 1 is 0.842 bits per heavy atom. The number of sulfone groups is 1. The van der Waals surface area contributed by atoms with Gasteiger partial charge in [0.1, 0.15) is 11.5 Å². The van der Waals surface area contributed by atoms with Gasteiger partial charge in [-0.05, 0) is 59.2 Å². The summed E-state index contributed by atoms with van der Waals surface area (Å²) in [6.45, 7) is 0.275. The quantitative estimate of drug-likeness (QED) is 0.304. The maximum Gasteiger partial charge on any atom is 0.573 e. The van der Waals surface area contributed by atoms with Crippen molar-refractivity contribution in [3.8, 4) is 28.5 Å². The highest BCUT2D eigenvalue weighted by Crippen LogP contribution is 2.27. The lowest BCUT2D eigenvalue weighted by atomic mass is 10.0. The Morgan fingerprint density at radius 3 is 1.95 bits per heavy atom. The molecule has 1 aromatic heterocycles. The topological polar surface area (TPSA) is 94.6 Å². The van der Waals surface area contributed by atoms with Crippen molar-refractivity contribution in [1.29, 1.82) is 0 Å². The van der Waals surface area contributed by atoms with E-state index in [1.54, 1.807) is 24.3 Å². The molecule has 0 aliphatic heterocycles. The fourth-order valence-electron chi connectivity index (χ4n) is 3.40. The van der Waals surface area contributed by atoms with Crippen molar-refractivity contribution in [2.24, 2.45) is 0 Å². The molecule has 0 bridgehead atoms. The van der Waals surface area contributed by atoms with Crippen molar-refractivity contribution in [2.45, 2.75) is 17.8 Å². The molecule has 0 saturated heterocycles. The van der Waals surface area contributed by atoms with Gasteiger partial charge in [-0.15, -0.1) is 13.2 Å². The molecule has 0 atom stereocenters. The number of halogens is 3. The molecule has 7 nitrogen and oxygen atoms in total. The van der Waals surface area contributed by atoms with Gasteiger partial charge in [-0.25, -0.2) is 13.4 Å². The number of rotatable bonds is 8. The summed E-state index contributed by atoms with van der Waals surface area (Å²) in [5.41, 5.74) is 2.93. The Balaban J connectivity index is 1.30. The fraction of sp³-hybridized carbons (Fsp3) is 0.111. The van der Waals surface area contributed by atoms with E-state index in [4.69, 9.17) is 4.74 Å². The molecule has 1 amide bonds. The molecule has 0 radical (unpaired) electrons. The lowest BCUT2D eigenvalue weighted by molar-refractivity contribution is -0.274. The third-order valence-corrected chi connectivity index (χ3v) is 6.43. The van der Waals surface area contributed by atoms with Gasteiger partial charge in [-0.2, -0.15) is 0 Å². The molecule has 3 aromatic carbocycles. The largest absolute Gasteiger partial charge is 0.573 e. The van der Waals surface area contributed by atoms with Crippen LogP contribution in [-0.4, -0.2) is 31.9 Å². The van der Waals surface area contributed by atoms with Crippen LogP contribution >= 0.6 is 0 Å². The summed E-state index contributed by atoms with van der Waals surface area (Å²) in [4.78, 5) is 16.8. The Hall–Kier alpha value is -4.38. The summed E-state index contributed by atoms with van der Waals surface area (Å²) in [6, 6.07) is 21.9. The summed E-state index contributed by atoms with van der Waals surface area (Å²) >= 11 is 0. The van der Waals surface area contributed by atoms with Crippen molar-refractivity contribution in [2.75, 3.05) is 6.26 Å². The predicted octanol–water partition coefficient (Wildman–Crippen LogP) is 5.77. The van der Waals surface area contributed by atoms with Crippen LogP contribution in [0.5, 0.6) is 17.4 Å². The monoisotopic (exact) mass is 542 g/mol. The van der Waals surface area contributed by atoms with Gasteiger partial charge in [0.2, 0.25) is 5.88 Å². The normalized spacial score (nSPS) is 11.6. The highest BCUT2D eigenvalue weighted by molar-refractivity contribution is 7.90. The molecular formula is C27H21F3N2O5S. The third kappa shape index (κ3) is 7.32. The first-order chi connectivity index (χ1) is 18.0. The Bertz CT molecular complexity index is 1500. The van der Waals surface area contributed by atoms with Crippen LogP contribution in [0.15, 0.2) is 96.0 Å². The minimum Gasteiger partial charge on any atom is -0.439 e. The Kier molecular flexibility index (Phi) is 7.67. The molecule has 4 aromatic rings. The van der Waals surface area contributed by atoms with Crippen LogP contribution in [0.1, 0.15) is 15.9 Å². The van der Waals surface area contributed by atoms with E-state index in [1.165, 1.54) is 30.5 Å². The Morgan fingerprint density at radius 2 is 1.42 bits per heavy atom. The van der Waals surface area contributed by atoms with Crippen LogP contribution in [0, 0.1) is 0 Å². The fourth-order valence-corrected chi connectivity index (χ4v) is 4.03. The van der Waals surface area contributed by atoms with Crippen molar-refractivity contribution in [1.82, 2.24) is 10.3 Å². The van der Waals surface area contributed by atoms with Crippen LogP contribution in [0.3, 0.4) is 0 Å². The second-order valence-corrected chi connectivity index (χ2v) is 10.2. The summed E-state index contributed by atoms with van der Waals surface area (Å²) in [5, 5.41) is 2.80. The molecule has 0 aliphatic rings. The molecule has 4 rings (SSSR count). The molecule has 1 heterocycles. The number of hydrogen-bond acceptors (Lipinski definition) is 6.